The molecule has 4 heteroatoms. The summed E-state index contributed by atoms with van der Waals surface area (Å²) < 4.78 is 7.62. The highest BCUT2D eigenvalue weighted by Crippen LogP contribution is 2.40. The van der Waals surface area contributed by atoms with Crippen molar-refractivity contribution in [2.24, 2.45) is 0 Å². The number of ether oxygens (including phenoxy) is 1. The molecule has 0 amide bonds. The molecule has 1 aromatic heterocycles. The first-order valence-corrected chi connectivity index (χ1v) is 6.21. The van der Waals surface area contributed by atoms with Crippen LogP contribution in [0.25, 0.3) is 10.1 Å². The van der Waals surface area contributed by atoms with Gasteiger partial charge in [-0.15, -0.1) is 11.3 Å². The van der Waals surface area contributed by atoms with Gasteiger partial charge in [0.2, 0.25) is 0 Å². The van der Waals surface area contributed by atoms with E-state index in [-0.39, 0.29) is 0 Å². The largest absolute Gasteiger partial charge is 0.506 e. The number of aromatic hydroxyl groups is 1. The van der Waals surface area contributed by atoms with E-state index in [1.807, 2.05) is 19.1 Å². The third-order valence-corrected chi connectivity index (χ3v) is 3.70. The van der Waals surface area contributed by atoms with Gasteiger partial charge in [0.1, 0.15) is 11.5 Å². The fourth-order valence-corrected chi connectivity index (χ4v) is 2.77. The molecule has 0 bridgehead atoms. The Morgan fingerprint density at radius 1 is 1.50 bits per heavy atom. The fourth-order valence-electron chi connectivity index (χ4n) is 1.34. The van der Waals surface area contributed by atoms with Crippen LogP contribution in [0.15, 0.2) is 17.5 Å². The Labute approximate surface area is 99.7 Å². The molecule has 14 heavy (non-hydrogen) atoms. The van der Waals surface area contributed by atoms with Gasteiger partial charge in [-0.05, 0) is 41.6 Å². The van der Waals surface area contributed by atoms with Gasteiger partial charge in [-0.25, -0.2) is 0 Å². The van der Waals surface area contributed by atoms with Crippen LogP contribution in [-0.2, 0) is 0 Å². The Morgan fingerprint density at radius 2 is 2.29 bits per heavy atom. The lowest BCUT2D eigenvalue weighted by atomic mass is 10.2. The second-order valence-corrected chi connectivity index (χ2v) is 4.88. The molecule has 0 saturated carbocycles. The highest BCUT2D eigenvalue weighted by atomic mass is 127. The predicted molar refractivity (Wildman–Crippen MR) is 67.4 cm³/mol. The van der Waals surface area contributed by atoms with Gasteiger partial charge in [-0.3, -0.25) is 0 Å². The number of benzene rings is 1. The van der Waals surface area contributed by atoms with Crippen LogP contribution < -0.4 is 4.74 Å². The monoisotopic (exact) mass is 320 g/mol. The molecule has 2 rings (SSSR count). The molecule has 2 nitrogen and oxygen atoms in total. The van der Waals surface area contributed by atoms with Gasteiger partial charge >= 0.3 is 0 Å². The van der Waals surface area contributed by atoms with E-state index in [4.69, 9.17) is 4.74 Å². The van der Waals surface area contributed by atoms with E-state index in [0.29, 0.717) is 12.4 Å². The summed E-state index contributed by atoms with van der Waals surface area (Å²) in [5, 5.41) is 12.2. The molecule has 0 aliphatic carbocycles. The maximum atomic E-state index is 9.67. The third-order valence-electron chi connectivity index (χ3n) is 1.91. The molecule has 0 atom stereocenters. The number of hydrogen-bond donors (Lipinski definition) is 1. The molecule has 0 aliphatic rings. The van der Waals surface area contributed by atoms with E-state index in [2.05, 4.69) is 22.6 Å². The first kappa shape index (κ1) is 10.0. The Balaban J connectivity index is 2.73. The Bertz CT molecular complexity index is 464. The van der Waals surface area contributed by atoms with E-state index in [1.165, 1.54) is 11.3 Å². The molecule has 74 valence electrons. The van der Waals surface area contributed by atoms with Gasteiger partial charge in [0, 0.05) is 10.1 Å². The van der Waals surface area contributed by atoms with Crippen molar-refractivity contribution in [2.45, 2.75) is 6.92 Å². The molecule has 1 N–H and O–H groups in total. The summed E-state index contributed by atoms with van der Waals surface area (Å²) in [5.41, 5.74) is 0. The first-order valence-electron chi connectivity index (χ1n) is 4.25. The van der Waals surface area contributed by atoms with E-state index in [1.54, 1.807) is 5.38 Å². The van der Waals surface area contributed by atoms with Crippen LogP contribution in [-0.4, -0.2) is 11.7 Å². The van der Waals surface area contributed by atoms with Crippen LogP contribution in [0.1, 0.15) is 6.92 Å². The van der Waals surface area contributed by atoms with E-state index in [9.17, 15) is 5.11 Å². The zero-order chi connectivity index (χ0) is 10.1. The average Bonchev–Trinajstić information content (AvgIpc) is 2.53. The molecule has 0 radical (unpaired) electrons. The second-order valence-electron chi connectivity index (χ2n) is 2.80. The smallest absolute Gasteiger partial charge is 0.144 e. The predicted octanol–water partition coefficient (Wildman–Crippen LogP) is 3.61. The molecule has 1 aromatic carbocycles. The van der Waals surface area contributed by atoms with Crippen molar-refractivity contribution in [3.05, 3.63) is 21.1 Å². The molecule has 0 unspecified atom stereocenters. The second kappa shape index (κ2) is 3.94. The van der Waals surface area contributed by atoms with Crippen molar-refractivity contribution in [1.82, 2.24) is 0 Å². The molecule has 0 spiro atoms. The van der Waals surface area contributed by atoms with E-state index >= 15 is 0 Å². The molecule has 0 aliphatic heterocycles. The lowest BCUT2D eigenvalue weighted by Gasteiger charge is -2.07. The molecular weight excluding hydrogens is 311 g/mol. The van der Waals surface area contributed by atoms with Crippen molar-refractivity contribution < 1.29 is 9.84 Å². The molecule has 2 aromatic rings. The van der Waals surface area contributed by atoms with Crippen molar-refractivity contribution in [3.63, 3.8) is 0 Å². The van der Waals surface area contributed by atoms with Crippen molar-refractivity contribution >= 4 is 44.0 Å². The van der Waals surface area contributed by atoms with Crippen LogP contribution in [0.3, 0.4) is 0 Å². The maximum absolute atomic E-state index is 9.67. The summed E-state index contributed by atoms with van der Waals surface area (Å²) in [6, 6.07) is 4.01. The van der Waals surface area contributed by atoms with E-state index in [0.717, 1.165) is 19.4 Å². The maximum Gasteiger partial charge on any atom is 0.144 e. The lowest BCUT2D eigenvalue weighted by molar-refractivity contribution is 0.341. The Morgan fingerprint density at radius 3 is 3.00 bits per heavy atom. The van der Waals surface area contributed by atoms with Crippen LogP contribution in [0, 0.1) is 3.57 Å². The van der Waals surface area contributed by atoms with Gasteiger partial charge in [0.25, 0.3) is 0 Å². The summed E-state index contributed by atoms with van der Waals surface area (Å²) in [6.45, 7) is 2.56. The number of halogens is 1. The number of thiophene rings is 1. The highest BCUT2D eigenvalue weighted by molar-refractivity contribution is 14.1. The third kappa shape index (κ3) is 1.56. The normalized spacial score (nSPS) is 10.7. The minimum Gasteiger partial charge on any atom is -0.506 e. The van der Waals surface area contributed by atoms with Crippen molar-refractivity contribution in [2.75, 3.05) is 6.61 Å². The van der Waals surface area contributed by atoms with Crippen LogP contribution in [0.2, 0.25) is 0 Å². The van der Waals surface area contributed by atoms with E-state index < -0.39 is 0 Å². The van der Waals surface area contributed by atoms with Gasteiger partial charge in [-0.1, -0.05) is 0 Å². The zero-order valence-corrected chi connectivity index (χ0v) is 10.6. The van der Waals surface area contributed by atoms with Crippen molar-refractivity contribution in [3.8, 4) is 11.5 Å². The quantitative estimate of drug-likeness (QED) is 0.857. The molecular formula is C10H9IO2S. The lowest BCUT2D eigenvalue weighted by Crippen LogP contribution is -1.94. The van der Waals surface area contributed by atoms with Crippen molar-refractivity contribution in [1.29, 1.82) is 0 Å². The number of rotatable bonds is 2. The summed E-state index contributed by atoms with van der Waals surface area (Å²) >= 11 is 3.74. The standard InChI is InChI=1S/C10H9IO2S/c1-2-13-10-6(11)3-4-8-9(10)7(12)5-14-8/h3-5,12H,2H2,1H3. The van der Waals surface area contributed by atoms with Crippen LogP contribution in [0.4, 0.5) is 0 Å². The minimum atomic E-state index is 0.312. The minimum absolute atomic E-state index is 0.312. The summed E-state index contributed by atoms with van der Waals surface area (Å²) in [4.78, 5) is 0. The average molecular weight is 320 g/mol. The SMILES string of the molecule is CCOc1c(I)ccc2scc(O)c12. The first-order chi connectivity index (χ1) is 6.74. The van der Waals surface area contributed by atoms with Gasteiger partial charge < -0.3 is 9.84 Å². The van der Waals surface area contributed by atoms with Crippen LogP contribution >= 0.6 is 33.9 Å². The van der Waals surface area contributed by atoms with Crippen LogP contribution in [0.5, 0.6) is 11.5 Å². The molecule has 0 saturated heterocycles. The van der Waals surface area contributed by atoms with Gasteiger partial charge in [-0.2, -0.15) is 0 Å². The summed E-state index contributed by atoms with van der Waals surface area (Å²) in [6.07, 6.45) is 0. The summed E-state index contributed by atoms with van der Waals surface area (Å²) in [5.74, 6) is 1.11. The Kier molecular flexibility index (Phi) is 2.83. The zero-order valence-electron chi connectivity index (χ0n) is 7.58. The van der Waals surface area contributed by atoms with Gasteiger partial charge in [0.15, 0.2) is 0 Å². The van der Waals surface area contributed by atoms with Gasteiger partial charge in [0.05, 0.1) is 15.6 Å². The number of fused-ring (bicyclic) bond motifs is 1. The summed E-state index contributed by atoms with van der Waals surface area (Å²) in [7, 11) is 0. The molecule has 0 fully saturated rings. The fraction of sp³-hybridized carbons (Fsp3) is 0.200. The molecule has 1 heterocycles. The topological polar surface area (TPSA) is 29.5 Å². The Hall–Kier alpha value is -0.490. The number of hydrogen-bond acceptors (Lipinski definition) is 3. The highest BCUT2D eigenvalue weighted by Gasteiger charge is 2.12.